The lowest BCUT2D eigenvalue weighted by Gasteiger charge is -2.39. The maximum absolute atomic E-state index is 9.32. The third-order valence-electron chi connectivity index (χ3n) is 4.60. The molecule has 1 aliphatic rings. The first-order valence-corrected chi connectivity index (χ1v) is 7.92. The highest BCUT2D eigenvalue weighted by atomic mass is 16.5. The van der Waals surface area contributed by atoms with Crippen LogP contribution in [-0.4, -0.2) is 17.7 Å². The largest absolute Gasteiger partial charge is 0.376 e. The Hall–Kier alpha value is -1.40. The summed E-state index contributed by atoms with van der Waals surface area (Å²) in [5, 5.41) is 9.32. The summed E-state index contributed by atoms with van der Waals surface area (Å²) in [5.41, 5.74) is 1.34. The Morgan fingerprint density at radius 3 is 2.76 bits per heavy atom. The van der Waals surface area contributed by atoms with Crippen molar-refractivity contribution >= 4 is 0 Å². The van der Waals surface area contributed by atoms with Crippen LogP contribution in [0.15, 0.2) is 24.4 Å². The number of nitrogens with zero attached hydrogens (tertiary/aromatic N) is 2. The smallest absolute Gasteiger partial charge is 0.0736 e. The molecule has 1 aromatic rings. The van der Waals surface area contributed by atoms with E-state index >= 15 is 0 Å². The van der Waals surface area contributed by atoms with E-state index in [2.05, 4.69) is 31.8 Å². The number of ether oxygens (including phenoxy) is 1. The van der Waals surface area contributed by atoms with Gasteiger partial charge in [-0.15, -0.1) is 0 Å². The lowest BCUT2D eigenvalue weighted by Crippen LogP contribution is -2.36. The highest BCUT2D eigenvalue weighted by Gasteiger charge is 2.36. The van der Waals surface area contributed by atoms with E-state index in [9.17, 15) is 5.26 Å². The quantitative estimate of drug-likeness (QED) is 0.840. The van der Waals surface area contributed by atoms with Crippen molar-refractivity contribution < 1.29 is 4.74 Å². The Balaban J connectivity index is 1.88. The number of hydrogen-bond acceptors (Lipinski definition) is 3. The Morgan fingerprint density at radius 2 is 2.14 bits per heavy atom. The third-order valence-corrected chi connectivity index (χ3v) is 4.60. The first kappa shape index (κ1) is 16.0. The normalized spacial score (nSPS) is 26.3. The predicted molar refractivity (Wildman–Crippen MR) is 83.6 cm³/mol. The molecule has 3 heteroatoms. The van der Waals surface area contributed by atoms with Gasteiger partial charge in [-0.05, 0) is 42.7 Å². The summed E-state index contributed by atoms with van der Waals surface area (Å²) < 4.78 is 6.05. The van der Waals surface area contributed by atoms with Gasteiger partial charge in [0.2, 0.25) is 0 Å². The maximum Gasteiger partial charge on any atom is 0.0736 e. The highest BCUT2D eigenvalue weighted by Crippen LogP contribution is 2.40. The number of aromatic nitrogens is 1. The molecule has 21 heavy (non-hydrogen) atoms. The molecule has 0 amide bonds. The minimum Gasteiger partial charge on any atom is -0.376 e. The minimum absolute atomic E-state index is 0.0485. The number of nitriles is 1. The molecule has 1 fully saturated rings. The molecule has 0 N–H and O–H groups in total. The summed E-state index contributed by atoms with van der Waals surface area (Å²) in [6.45, 7) is 7.51. The van der Waals surface area contributed by atoms with Crippen molar-refractivity contribution in [3.8, 4) is 6.07 Å². The fraction of sp³-hybridized carbons (Fsp3) is 0.667. The Kier molecular flexibility index (Phi) is 5.36. The van der Waals surface area contributed by atoms with E-state index < -0.39 is 0 Å². The molecule has 0 bridgehead atoms. The molecule has 0 saturated heterocycles. The van der Waals surface area contributed by atoms with Gasteiger partial charge in [0.25, 0.3) is 0 Å². The Bertz CT molecular complexity index is 472. The fourth-order valence-corrected chi connectivity index (χ4v) is 3.11. The zero-order chi connectivity index (χ0) is 15.3. The molecule has 0 aromatic carbocycles. The molecule has 3 nitrogen and oxygen atoms in total. The van der Waals surface area contributed by atoms with Gasteiger partial charge in [0.15, 0.2) is 0 Å². The van der Waals surface area contributed by atoms with E-state index in [0.29, 0.717) is 17.9 Å². The molecule has 3 unspecified atom stereocenters. The molecule has 1 heterocycles. The molecule has 2 rings (SSSR count). The first-order chi connectivity index (χ1) is 10.0. The van der Waals surface area contributed by atoms with Gasteiger partial charge in [0, 0.05) is 18.3 Å². The van der Waals surface area contributed by atoms with Crippen molar-refractivity contribution in [2.24, 2.45) is 17.3 Å². The van der Waals surface area contributed by atoms with Crippen LogP contribution in [0.1, 0.15) is 45.7 Å². The molecule has 1 aromatic heterocycles. The van der Waals surface area contributed by atoms with E-state index in [1.165, 1.54) is 0 Å². The van der Waals surface area contributed by atoms with Crippen LogP contribution in [0.3, 0.4) is 0 Å². The van der Waals surface area contributed by atoms with Crippen molar-refractivity contribution in [1.29, 1.82) is 5.26 Å². The van der Waals surface area contributed by atoms with Gasteiger partial charge in [-0.1, -0.05) is 26.8 Å². The molecule has 114 valence electrons. The van der Waals surface area contributed by atoms with E-state index in [1.54, 1.807) is 0 Å². The van der Waals surface area contributed by atoms with Crippen LogP contribution >= 0.6 is 0 Å². The molecular weight excluding hydrogens is 260 g/mol. The van der Waals surface area contributed by atoms with Crippen molar-refractivity contribution in [1.82, 2.24) is 4.98 Å². The second-order valence-corrected chi connectivity index (χ2v) is 7.09. The molecular formula is C18H26N2O. The van der Waals surface area contributed by atoms with Gasteiger partial charge in [0.05, 0.1) is 24.7 Å². The van der Waals surface area contributed by atoms with E-state index in [1.807, 2.05) is 24.4 Å². The van der Waals surface area contributed by atoms with Crippen molar-refractivity contribution in [2.75, 3.05) is 6.61 Å². The Labute approximate surface area is 128 Å². The monoisotopic (exact) mass is 286 g/mol. The number of pyridine rings is 1. The molecule has 0 spiro atoms. The van der Waals surface area contributed by atoms with Gasteiger partial charge in [-0.25, -0.2) is 0 Å². The topological polar surface area (TPSA) is 45.9 Å². The van der Waals surface area contributed by atoms with Crippen LogP contribution in [0.2, 0.25) is 0 Å². The lowest BCUT2D eigenvalue weighted by molar-refractivity contribution is -0.0268. The van der Waals surface area contributed by atoms with Crippen LogP contribution in [0.25, 0.3) is 0 Å². The van der Waals surface area contributed by atoms with Crippen molar-refractivity contribution in [3.63, 3.8) is 0 Å². The average Bonchev–Trinajstić information content (AvgIpc) is 2.47. The van der Waals surface area contributed by atoms with Crippen molar-refractivity contribution in [3.05, 3.63) is 30.1 Å². The molecule has 1 saturated carbocycles. The zero-order valence-electron chi connectivity index (χ0n) is 13.4. The highest BCUT2D eigenvalue weighted by molar-refractivity contribution is 5.03. The van der Waals surface area contributed by atoms with Gasteiger partial charge in [-0.3, -0.25) is 4.98 Å². The molecule has 3 atom stereocenters. The predicted octanol–water partition coefficient (Wildman–Crippen LogP) is 4.00. The van der Waals surface area contributed by atoms with Gasteiger partial charge < -0.3 is 4.74 Å². The van der Waals surface area contributed by atoms with E-state index in [-0.39, 0.29) is 12.0 Å². The second-order valence-electron chi connectivity index (χ2n) is 7.09. The lowest BCUT2D eigenvalue weighted by atomic mass is 9.69. The van der Waals surface area contributed by atoms with Crippen LogP contribution in [0.5, 0.6) is 0 Å². The van der Waals surface area contributed by atoms with Crippen LogP contribution in [-0.2, 0) is 11.2 Å². The number of hydrogen-bond donors (Lipinski definition) is 0. The summed E-state index contributed by atoms with van der Waals surface area (Å²) in [5.74, 6) is 0.689. The van der Waals surface area contributed by atoms with Gasteiger partial charge in [-0.2, -0.15) is 5.26 Å². The number of rotatable bonds is 4. The second kappa shape index (κ2) is 7.04. The van der Waals surface area contributed by atoms with Crippen LogP contribution in [0, 0.1) is 28.6 Å². The standard InChI is InChI=1S/C18H26N2O/c1-18(2,3)15-8-7-14(13-19)17(12-15)21-11-9-16-6-4-5-10-20-16/h4-6,10,14-15,17H,7-9,11-12H2,1-3H3. The fourth-order valence-electron chi connectivity index (χ4n) is 3.11. The van der Waals surface area contributed by atoms with E-state index in [4.69, 9.17) is 4.74 Å². The third kappa shape index (κ3) is 4.54. The zero-order valence-corrected chi connectivity index (χ0v) is 13.4. The van der Waals surface area contributed by atoms with Gasteiger partial charge in [0.1, 0.15) is 0 Å². The van der Waals surface area contributed by atoms with E-state index in [0.717, 1.165) is 31.4 Å². The first-order valence-electron chi connectivity index (χ1n) is 7.92. The molecule has 0 radical (unpaired) electrons. The van der Waals surface area contributed by atoms with Gasteiger partial charge >= 0.3 is 0 Å². The Morgan fingerprint density at radius 1 is 1.33 bits per heavy atom. The summed E-state index contributed by atoms with van der Waals surface area (Å²) in [6, 6.07) is 8.37. The van der Waals surface area contributed by atoms with Crippen molar-refractivity contribution in [2.45, 2.75) is 52.6 Å². The summed E-state index contributed by atoms with van der Waals surface area (Å²) >= 11 is 0. The molecule has 1 aliphatic carbocycles. The average molecular weight is 286 g/mol. The summed E-state index contributed by atoms with van der Waals surface area (Å²) in [4.78, 5) is 4.31. The summed E-state index contributed by atoms with van der Waals surface area (Å²) in [6.07, 6.45) is 5.81. The molecule has 0 aliphatic heterocycles. The van der Waals surface area contributed by atoms with Crippen LogP contribution in [0.4, 0.5) is 0 Å². The van der Waals surface area contributed by atoms with Crippen LogP contribution < -0.4 is 0 Å². The maximum atomic E-state index is 9.32. The summed E-state index contributed by atoms with van der Waals surface area (Å²) in [7, 11) is 0. The SMILES string of the molecule is CC(C)(C)C1CCC(C#N)C(OCCc2ccccn2)C1. The minimum atomic E-state index is 0.0485.